The molecule has 0 fully saturated rings. The van der Waals surface area contributed by atoms with E-state index < -0.39 is 10.0 Å². The van der Waals surface area contributed by atoms with Gasteiger partial charge in [0.2, 0.25) is 0 Å². The van der Waals surface area contributed by atoms with E-state index in [0.29, 0.717) is 23.5 Å². The van der Waals surface area contributed by atoms with E-state index in [9.17, 15) is 13.2 Å². The molecule has 1 aromatic heterocycles. The Kier molecular flexibility index (Phi) is 5.96. The Labute approximate surface area is 167 Å². The second-order valence-electron chi connectivity index (χ2n) is 5.90. The molecular formula is C19H19N3O4S2. The fraction of sp³-hybridized carbons (Fsp3) is 0.158. The summed E-state index contributed by atoms with van der Waals surface area (Å²) >= 11 is 1.47. The molecule has 0 saturated carbocycles. The van der Waals surface area contributed by atoms with Crippen LogP contribution in [0.2, 0.25) is 0 Å². The highest BCUT2D eigenvalue weighted by Crippen LogP contribution is 2.26. The number of thiazole rings is 1. The maximum absolute atomic E-state index is 12.6. The maximum Gasteiger partial charge on any atom is 0.262 e. The number of methoxy groups -OCH3 is 1. The lowest BCUT2D eigenvalue weighted by molar-refractivity contribution is 0.0950. The second-order valence-corrected chi connectivity index (χ2v) is 8.52. The van der Waals surface area contributed by atoms with Crippen LogP contribution < -0.4 is 14.8 Å². The van der Waals surface area contributed by atoms with Crippen LogP contribution in [0.3, 0.4) is 0 Å². The minimum Gasteiger partial charge on any atom is -0.495 e. The lowest BCUT2D eigenvalue weighted by Gasteiger charge is -2.12. The molecule has 1 amide bonds. The zero-order valence-corrected chi connectivity index (χ0v) is 16.9. The molecule has 0 atom stereocenters. The van der Waals surface area contributed by atoms with Crippen molar-refractivity contribution < 1.29 is 17.9 Å². The van der Waals surface area contributed by atoms with Crippen LogP contribution in [0, 0.1) is 6.92 Å². The Morgan fingerprint density at radius 2 is 1.86 bits per heavy atom. The lowest BCUT2D eigenvalue weighted by atomic mass is 10.2. The molecule has 2 aromatic carbocycles. The summed E-state index contributed by atoms with van der Waals surface area (Å²) in [5, 5.41) is 5.49. The van der Waals surface area contributed by atoms with Crippen LogP contribution in [0.15, 0.2) is 58.8 Å². The number of hydrogen-bond acceptors (Lipinski definition) is 6. The van der Waals surface area contributed by atoms with E-state index in [1.54, 1.807) is 24.3 Å². The molecule has 0 unspecified atom stereocenters. The van der Waals surface area contributed by atoms with Crippen molar-refractivity contribution in [3.8, 4) is 5.75 Å². The number of ether oxygens (including phenoxy) is 1. The number of carbonyl (C=O) groups is 1. The second kappa shape index (κ2) is 8.41. The minimum atomic E-state index is -3.81. The van der Waals surface area contributed by atoms with E-state index in [2.05, 4.69) is 15.0 Å². The number of hydrogen-bond donors (Lipinski definition) is 2. The molecule has 0 saturated heterocycles. The number of carbonyl (C=O) groups excluding carboxylic acids is 1. The van der Waals surface area contributed by atoms with Gasteiger partial charge >= 0.3 is 0 Å². The molecule has 0 aliphatic carbocycles. The van der Waals surface area contributed by atoms with Crippen molar-refractivity contribution >= 4 is 33.0 Å². The topological polar surface area (TPSA) is 97.4 Å². The monoisotopic (exact) mass is 417 g/mol. The standard InChI is InChI=1S/C19H19N3O4S2/c1-13-12-27-18(21-13)11-20-19(23)14-7-9-15(10-8-14)28(24,25)22-16-5-3-4-6-17(16)26-2/h3-10,12,22H,11H2,1-2H3,(H,20,23). The van der Waals surface area contributed by atoms with E-state index in [-0.39, 0.29) is 10.8 Å². The molecule has 0 aliphatic heterocycles. The minimum absolute atomic E-state index is 0.0468. The number of anilines is 1. The van der Waals surface area contributed by atoms with Crippen LogP contribution in [0.1, 0.15) is 21.1 Å². The van der Waals surface area contributed by atoms with Crippen molar-refractivity contribution in [2.24, 2.45) is 0 Å². The molecule has 1 heterocycles. The van der Waals surface area contributed by atoms with Crippen molar-refractivity contribution in [1.29, 1.82) is 0 Å². The Hall–Kier alpha value is -2.91. The predicted octanol–water partition coefficient (Wildman–Crippen LogP) is 3.19. The first-order chi connectivity index (χ1) is 13.4. The first-order valence-corrected chi connectivity index (χ1v) is 10.7. The number of nitrogens with one attached hydrogen (secondary N) is 2. The summed E-state index contributed by atoms with van der Waals surface area (Å²) in [6.07, 6.45) is 0. The molecule has 7 nitrogen and oxygen atoms in total. The molecule has 3 aromatic rings. The molecule has 2 N–H and O–H groups in total. The summed E-state index contributed by atoms with van der Waals surface area (Å²) in [5.74, 6) is 0.119. The summed E-state index contributed by atoms with van der Waals surface area (Å²) in [4.78, 5) is 16.6. The zero-order chi connectivity index (χ0) is 20.1. The van der Waals surface area contributed by atoms with Crippen molar-refractivity contribution in [1.82, 2.24) is 10.3 Å². The molecule has 9 heteroatoms. The van der Waals surface area contributed by atoms with Gasteiger partial charge in [-0.3, -0.25) is 9.52 Å². The van der Waals surface area contributed by atoms with Gasteiger partial charge < -0.3 is 10.1 Å². The Morgan fingerprint density at radius 3 is 2.50 bits per heavy atom. The molecule has 0 radical (unpaired) electrons. The Balaban J connectivity index is 1.69. The van der Waals surface area contributed by atoms with Gasteiger partial charge in [-0.1, -0.05) is 12.1 Å². The molecule has 0 bridgehead atoms. The van der Waals surface area contributed by atoms with Gasteiger partial charge in [0.15, 0.2) is 0 Å². The van der Waals surface area contributed by atoms with E-state index in [0.717, 1.165) is 10.7 Å². The van der Waals surface area contributed by atoms with E-state index in [1.165, 1.54) is 42.7 Å². The summed E-state index contributed by atoms with van der Waals surface area (Å²) in [7, 11) is -2.35. The fourth-order valence-electron chi connectivity index (χ4n) is 2.46. The summed E-state index contributed by atoms with van der Waals surface area (Å²) in [6.45, 7) is 2.22. The third-order valence-electron chi connectivity index (χ3n) is 3.84. The Morgan fingerprint density at radius 1 is 1.14 bits per heavy atom. The number of rotatable bonds is 7. The van der Waals surface area contributed by atoms with Gasteiger partial charge in [0, 0.05) is 16.6 Å². The highest BCUT2D eigenvalue weighted by atomic mass is 32.2. The van der Waals surface area contributed by atoms with Crippen LogP contribution in [-0.2, 0) is 16.6 Å². The number of para-hydroxylation sites is 2. The average molecular weight is 418 g/mol. The first-order valence-electron chi connectivity index (χ1n) is 8.34. The van der Waals surface area contributed by atoms with Gasteiger partial charge in [0.1, 0.15) is 10.8 Å². The normalized spacial score (nSPS) is 11.1. The van der Waals surface area contributed by atoms with Crippen molar-refractivity contribution in [2.45, 2.75) is 18.4 Å². The van der Waals surface area contributed by atoms with E-state index in [1.807, 2.05) is 12.3 Å². The number of sulfonamides is 1. The third kappa shape index (κ3) is 4.68. The summed E-state index contributed by atoms with van der Waals surface area (Å²) < 4.78 is 32.8. The molecular weight excluding hydrogens is 398 g/mol. The van der Waals surface area contributed by atoms with Crippen LogP contribution in [-0.4, -0.2) is 26.4 Å². The van der Waals surface area contributed by atoms with Crippen molar-refractivity contribution in [2.75, 3.05) is 11.8 Å². The smallest absolute Gasteiger partial charge is 0.262 e. The van der Waals surface area contributed by atoms with E-state index >= 15 is 0 Å². The summed E-state index contributed by atoms with van der Waals surface area (Å²) in [5.41, 5.74) is 1.61. The number of amides is 1. The average Bonchev–Trinajstić information content (AvgIpc) is 3.11. The molecule has 146 valence electrons. The van der Waals surface area contributed by atoms with Gasteiger partial charge in [0.05, 0.1) is 24.2 Å². The number of benzene rings is 2. The number of nitrogens with zero attached hydrogens (tertiary/aromatic N) is 1. The van der Waals surface area contributed by atoms with Gasteiger partial charge in [-0.25, -0.2) is 13.4 Å². The highest BCUT2D eigenvalue weighted by Gasteiger charge is 2.17. The fourth-order valence-corrected chi connectivity index (χ4v) is 4.24. The largest absolute Gasteiger partial charge is 0.495 e. The molecule has 3 rings (SSSR count). The van der Waals surface area contributed by atoms with Crippen molar-refractivity contribution in [3.63, 3.8) is 0 Å². The number of aromatic nitrogens is 1. The van der Waals surface area contributed by atoms with Gasteiger partial charge in [-0.2, -0.15) is 0 Å². The molecule has 28 heavy (non-hydrogen) atoms. The molecule has 0 aliphatic rings. The van der Waals surface area contributed by atoms with Crippen molar-refractivity contribution in [3.05, 3.63) is 70.2 Å². The SMILES string of the molecule is COc1ccccc1NS(=O)(=O)c1ccc(C(=O)NCc2nc(C)cs2)cc1. The first kappa shape index (κ1) is 19.8. The van der Waals surface area contributed by atoms with Crippen LogP contribution in [0.4, 0.5) is 5.69 Å². The van der Waals surface area contributed by atoms with Gasteiger partial charge in [0.25, 0.3) is 15.9 Å². The number of aryl methyl sites for hydroxylation is 1. The highest BCUT2D eigenvalue weighted by molar-refractivity contribution is 7.92. The summed E-state index contributed by atoms with van der Waals surface area (Å²) in [6, 6.07) is 12.4. The van der Waals surface area contributed by atoms with Gasteiger partial charge in [-0.15, -0.1) is 11.3 Å². The maximum atomic E-state index is 12.6. The van der Waals surface area contributed by atoms with Crippen LogP contribution >= 0.6 is 11.3 Å². The molecule has 0 spiro atoms. The predicted molar refractivity (Wildman–Crippen MR) is 108 cm³/mol. The van der Waals surface area contributed by atoms with Gasteiger partial charge in [-0.05, 0) is 43.3 Å². The lowest BCUT2D eigenvalue weighted by Crippen LogP contribution is -2.23. The quantitative estimate of drug-likeness (QED) is 0.615. The van der Waals surface area contributed by atoms with E-state index in [4.69, 9.17) is 4.74 Å². The van der Waals surface area contributed by atoms with Crippen LogP contribution in [0.25, 0.3) is 0 Å². The Bertz CT molecular complexity index is 1080. The zero-order valence-electron chi connectivity index (χ0n) is 15.3. The van der Waals surface area contributed by atoms with Crippen LogP contribution in [0.5, 0.6) is 5.75 Å². The third-order valence-corrected chi connectivity index (χ3v) is 6.19.